The Balaban J connectivity index is 1.51. The largest absolute Gasteiger partial charge is 0.432 e. The van der Waals surface area contributed by atoms with Crippen molar-refractivity contribution in [1.29, 1.82) is 0 Å². The summed E-state index contributed by atoms with van der Waals surface area (Å²) in [6.07, 6.45) is 4.28. The molecule has 1 aliphatic rings. The molecule has 0 spiro atoms. The molecule has 1 unspecified atom stereocenters. The number of hydrogen-bond donors (Lipinski definition) is 1. The van der Waals surface area contributed by atoms with E-state index in [1.807, 2.05) is 0 Å². The van der Waals surface area contributed by atoms with Crippen LogP contribution in [0.4, 0.5) is 0 Å². The number of fused-ring (bicyclic) bond motifs is 1. The molecule has 1 saturated heterocycles. The lowest BCUT2D eigenvalue weighted by molar-refractivity contribution is -0.136. The van der Waals surface area contributed by atoms with Crippen LogP contribution in [-0.2, 0) is 25.2 Å². The lowest BCUT2D eigenvalue weighted by Gasteiger charge is -2.28. The van der Waals surface area contributed by atoms with Crippen LogP contribution in [0.5, 0.6) is 0 Å². The first kappa shape index (κ1) is 27.4. The molecule has 0 radical (unpaired) electrons. The molecule has 2 aromatic heterocycles. The first-order valence-electron chi connectivity index (χ1n) is 12.8. The first-order valence-corrected chi connectivity index (χ1v) is 14.7. The Hall–Kier alpha value is -3.60. The first-order chi connectivity index (χ1) is 18.3. The van der Waals surface area contributed by atoms with E-state index in [1.54, 1.807) is 54.3 Å². The van der Waals surface area contributed by atoms with Crippen LogP contribution < -0.4 is 5.32 Å². The molecule has 3 aromatic rings. The summed E-state index contributed by atoms with van der Waals surface area (Å²) < 4.78 is 31.7. The minimum atomic E-state index is -3.74. The fourth-order valence-corrected chi connectivity index (χ4v) is 6.27. The average molecular weight is 541 g/mol. The van der Waals surface area contributed by atoms with E-state index >= 15 is 0 Å². The summed E-state index contributed by atoms with van der Waals surface area (Å²) in [5.74, 6) is -3.57. The number of rotatable bonds is 11. The highest BCUT2D eigenvalue weighted by molar-refractivity contribution is 7.90. The van der Waals surface area contributed by atoms with Crippen molar-refractivity contribution in [2.24, 2.45) is 5.92 Å². The van der Waals surface area contributed by atoms with Crippen LogP contribution in [0.25, 0.3) is 11.2 Å². The number of nitrogens with zero attached hydrogens (tertiary/aromatic N) is 3. The second kappa shape index (κ2) is 12.3. The third-order valence-corrected chi connectivity index (χ3v) is 8.29. The quantitative estimate of drug-likeness (QED) is 0.366. The summed E-state index contributed by atoms with van der Waals surface area (Å²) in [5.41, 5.74) is 1.21. The zero-order valence-corrected chi connectivity index (χ0v) is 22.2. The van der Waals surface area contributed by atoms with Crippen molar-refractivity contribution in [3.63, 3.8) is 0 Å². The predicted molar refractivity (Wildman–Crippen MR) is 141 cm³/mol. The summed E-state index contributed by atoms with van der Waals surface area (Å²) >= 11 is 0. The molecule has 0 saturated carbocycles. The summed E-state index contributed by atoms with van der Waals surface area (Å²) in [6.45, 7) is 2.89. The van der Waals surface area contributed by atoms with Gasteiger partial charge in [0.05, 0.1) is 23.5 Å². The number of aromatic nitrogens is 2. The van der Waals surface area contributed by atoms with E-state index in [9.17, 15) is 22.8 Å². The number of nitrogens with one attached hydrogen (secondary N) is 1. The van der Waals surface area contributed by atoms with Crippen molar-refractivity contribution in [2.45, 2.75) is 50.8 Å². The van der Waals surface area contributed by atoms with E-state index in [4.69, 9.17) is 4.42 Å². The summed E-state index contributed by atoms with van der Waals surface area (Å²) in [4.78, 5) is 49.4. The van der Waals surface area contributed by atoms with Crippen molar-refractivity contribution in [3.8, 4) is 0 Å². The number of hydrogen-bond acceptors (Lipinski definition) is 8. The average Bonchev–Trinajstić information content (AvgIpc) is 3.36. The molecule has 3 heterocycles. The molecule has 2 atom stereocenters. The van der Waals surface area contributed by atoms with Gasteiger partial charge in [-0.1, -0.05) is 37.3 Å². The molecule has 11 heteroatoms. The van der Waals surface area contributed by atoms with Gasteiger partial charge in [0.25, 0.3) is 5.89 Å². The minimum Gasteiger partial charge on any atom is -0.432 e. The molecule has 10 nitrogen and oxygen atoms in total. The van der Waals surface area contributed by atoms with E-state index in [1.165, 1.54) is 6.20 Å². The van der Waals surface area contributed by atoms with Gasteiger partial charge in [0, 0.05) is 25.7 Å². The molecule has 1 N–H and O–H groups in total. The van der Waals surface area contributed by atoms with Gasteiger partial charge in [-0.2, -0.15) is 4.98 Å². The van der Waals surface area contributed by atoms with Crippen LogP contribution in [-0.4, -0.2) is 65.8 Å². The maximum atomic E-state index is 13.4. The Labute approximate surface area is 221 Å². The number of carbonyl (C=O) groups excluding carboxylic acids is 3. The van der Waals surface area contributed by atoms with Gasteiger partial charge < -0.3 is 14.6 Å². The van der Waals surface area contributed by atoms with Gasteiger partial charge in [-0.05, 0) is 43.4 Å². The molecule has 0 bridgehead atoms. The smallest absolute Gasteiger partial charge is 0.268 e. The van der Waals surface area contributed by atoms with Crippen LogP contribution >= 0.6 is 0 Å². The fraction of sp³-hybridized carbons (Fsp3) is 0.444. The van der Waals surface area contributed by atoms with Gasteiger partial charge in [-0.15, -0.1) is 0 Å². The summed E-state index contributed by atoms with van der Waals surface area (Å²) in [7, 11) is -3.74. The third-order valence-electron chi connectivity index (χ3n) is 6.60. The number of benzene rings is 1. The van der Waals surface area contributed by atoms with Crippen LogP contribution in [0.3, 0.4) is 0 Å². The van der Waals surface area contributed by atoms with Crippen molar-refractivity contribution in [3.05, 3.63) is 60.1 Å². The Bertz CT molecular complexity index is 1350. The fourth-order valence-electron chi connectivity index (χ4n) is 4.57. The Morgan fingerprint density at radius 1 is 1.05 bits per heavy atom. The summed E-state index contributed by atoms with van der Waals surface area (Å²) in [5, 5.41) is 2.66. The second-order valence-electron chi connectivity index (χ2n) is 9.56. The van der Waals surface area contributed by atoms with Crippen molar-refractivity contribution in [2.75, 3.05) is 18.8 Å². The number of amides is 2. The van der Waals surface area contributed by atoms with Crippen LogP contribution in [0.1, 0.15) is 55.3 Å². The van der Waals surface area contributed by atoms with Gasteiger partial charge >= 0.3 is 0 Å². The number of pyridine rings is 1. The van der Waals surface area contributed by atoms with Gasteiger partial charge in [0.1, 0.15) is 0 Å². The molecular formula is C27H32N4O6S. The summed E-state index contributed by atoms with van der Waals surface area (Å²) in [6, 6.07) is 11.0. The lowest BCUT2D eigenvalue weighted by Crippen LogP contribution is -2.47. The van der Waals surface area contributed by atoms with Crippen molar-refractivity contribution >= 4 is 38.7 Å². The molecule has 1 aromatic carbocycles. The lowest BCUT2D eigenvalue weighted by atomic mass is 10.0. The Morgan fingerprint density at radius 3 is 2.47 bits per heavy atom. The maximum Gasteiger partial charge on any atom is 0.268 e. The molecule has 2 amide bonds. The van der Waals surface area contributed by atoms with Crippen molar-refractivity contribution < 1.29 is 27.2 Å². The second-order valence-corrected chi connectivity index (χ2v) is 11.7. The van der Waals surface area contributed by atoms with E-state index in [-0.39, 0.29) is 36.0 Å². The number of oxazole rings is 1. The van der Waals surface area contributed by atoms with E-state index in [0.29, 0.717) is 24.2 Å². The van der Waals surface area contributed by atoms with Gasteiger partial charge in [0.15, 0.2) is 21.1 Å². The molecule has 202 valence electrons. The van der Waals surface area contributed by atoms with E-state index in [2.05, 4.69) is 15.3 Å². The molecule has 0 aliphatic carbocycles. The number of sulfone groups is 1. The number of ketones is 1. The Kier molecular flexibility index (Phi) is 8.88. The maximum absolute atomic E-state index is 13.4. The van der Waals surface area contributed by atoms with Gasteiger partial charge in [0.2, 0.25) is 17.6 Å². The van der Waals surface area contributed by atoms with Crippen LogP contribution in [0.2, 0.25) is 0 Å². The number of likely N-dealkylation sites (tertiary alicyclic amines) is 1. The Morgan fingerprint density at radius 2 is 1.79 bits per heavy atom. The van der Waals surface area contributed by atoms with Crippen LogP contribution in [0, 0.1) is 5.92 Å². The molecule has 1 aliphatic heterocycles. The zero-order chi connectivity index (χ0) is 27.1. The highest BCUT2D eigenvalue weighted by atomic mass is 32.2. The third kappa shape index (κ3) is 7.03. The van der Waals surface area contributed by atoms with Crippen LogP contribution in [0.15, 0.2) is 53.1 Å². The van der Waals surface area contributed by atoms with Gasteiger partial charge in [-0.3, -0.25) is 14.4 Å². The van der Waals surface area contributed by atoms with E-state index in [0.717, 1.165) is 19.3 Å². The van der Waals surface area contributed by atoms with Gasteiger partial charge in [-0.25, -0.2) is 13.4 Å². The zero-order valence-electron chi connectivity index (χ0n) is 21.3. The SMILES string of the molecule is CC[C@H](NC(=O)C(CC(=O)N1CCCCC1)CS(=O)(=O)Cc1ccccc1)C(=O)c1nc2ncccc2o1. The number of carbonyl (C=O) groups is 3. The molecule has 1 fully saturated rings. The molecular weight excluding hydrogens is 508 g/mol. The molecule has 38 heavy (non-hydrogen) atoms. The highest BCUT2D eigenvalue weighted by Crippen LogP contribution is 2.19. The van der Waals surface area contributed by atoms with Crippen molar-refractivity contribution in [1.82, 2.24) is 20.2 Å². The topological polar surface area (TPSA) is 140 Å². The predicted octanol–water partition coefficient (Wildman–Crippen LogP) is 2.93. The number of piperidine rings is 1. The van der Waals surface area contributed by atoms with E-state index < -0.39 is 39.2 Å². The highest BCUT2D eigenvalue weighted by Gasteiger charge is 2.33. The standard InChI is InChI=1S/C27H32N4O6S/c1-2-21(24(33)27-30-25-22(37-27)12-9-13-28-25)29-26(34)20(16-23(32)31-14-7-4-8-15-31)18-38(35,36)17-19-10-5-3-6-11-19/h3,5-6,9-13,20-21H,2,4,7-8,14-18H2,1H3,(H,29,34)/t20?,21-/m0/s1. The minimum absolute atomic E-state index is 0.191. The monoisotopic (exact) mass is 540 g/mol. The molecule has 4 rings (SSSR count). The number of Topliss-reactive ketones (excluding diaryl/α,β-unsaturated/α-hetero) is 1. The normalized spacial score (nSPS) is 15.7.